The maximum atomic E-state index is 12.3. The molecule has 3 rings (SSSR count). The number of amides is 1. The number of anilines is 1. The van der Waals surface area contributed by atoms with Gasteiger partial charge >= 0.3 is 0 Å². The third-order valence-electron chi connectivity index (χ3n) is 3.69. The molecule has 1 aromatic carbocycles. The van der Waals surface area contributed by atoms with Crippen LogP contribution in [0.15, 0.2) is 47.9 Å². The molecule has 0 aliphatic heterocycles. The number of carbonyl (C=O) groups is 1. The number of nitrogens with zero attached hydrogens (tertiary/aromatic N) is 4. The number of aromatic nitrogens is 4. The van der Waals surface area contributed by atoms with Gasteiger partial charge in [-0.1, -0.05) is 36.4 Å². The molecule has 0 aliphatic carbocycles. The lowest BCUT2D eigenvalue weighted by Gasteiger charge is -2.11. The number of hydrogen-bond donors (Lipinski definition) is 1. The van der Waals surface area contributed by atoms with Crippen molar-refractivity contribution in [3.8, 4) is 0 Å². The van der Waals surface area contributed by atoms with Gasteiger partial charge in [0.05, 0.1) is 5.75 Å². The summed E-state index contributed by atoms with van der Waals surface area (Å²) in [7, 11) is 0. The highest BCUT2D eigenvalue weighted by Crippen LogP contribution is 2.24. The molecule has 0 aliphatic rings. The third-order valence-corrected chi connectivity index (χ3v) is 5.02. The number of aryl methyl sites for hydroxylation is 1. The van der Waals surface area contributed by atoms with E-state index in [0.717, 1.165) is 23.5 Å². The van der Waals surface area contributed by atoms with Gasteiger partial charge in [0.1, 0.15) is 0 Å². The van der Waals surface area contributed by atoms with Gasteiger partial charge in [0.2, 0.25) is 11.1 Å². The lowest BCUT2D eigenvalue weighted by molar-refractivity contribution is -0.113. The second-order valence-corrected chi connectivity index (χ2v) is 6.73. The van der Waals surface area contributed by atoms with Crippen molar-refractivity contribution in [1.82, 2.24) is 19.5 Å². The molecule has 0 atom stereocenters. The number of carbonyl (C=O) groups excluding carboxylic acids is 1. The Bertz CT molecular complexity index is 875. The van der Waals surface area contributed by atoms with Gasteiger partial charge in [0.25, 0.3) is 0 Å². The van der Waals surface area contributed by atoms with E-state index in [0.29, 0.717) is 10.2 Å². The predicted octanol–water partition coefficient (Wildman–Crippen LogP) is 3.65. The molecule has 0 saturated heterocycles. The molecule has 6 nitrogen and oxygen atoms in total. The largest absolute Gasteiger partial charge is 0.325 e. The molecule has 25 heavy (non-hydrogen) atoms. The van der Waals surface area contributed by atoms with Gasteiger partial charge in [-0.3, -0.25) is 9.47 Å². The predicted molar refractivity (Wildman–Crippen MR) is 100 cm³/mol. The molecular formula is C17H18ClN5OS. The highest BCUT2D eigenvalue weighted by Gasteiger charge is 2.15. The van der Waals surface area contributed by atoms with Crippen molar-refractivity contribution in [3.63, 3.8) is 0 Å². The van der Waals surface area contributed by atoms with Crippen LogP contribution in [-0.2, 0) is 11.2 Å². The molecule has 0 spiro atoms. The summed E-state index contributed by atoms with van der Waals surface area (Å²) in [5, 5.41) is 12.6. The Morgan fingerprint density at radius 3 is 2.72 bits per heavy atom. The zero-order valence-electron chi connectivity index (χ0n) is 13.9. The fourth-order valence-electron chi connectivity index (χ4n) is 2.36. The average Bonchev–Trinajstić information content (AvgIpc) is 3.25. The van der Waals surface area contributed by atoms with Crippen LogP contribution in [0, 0.1) is 6.92 Å². The van der Waals surface area contributed by atoms with Crippen molar-refractivity contribution in [2.75, 3.05) is 11.1 Å². The normalized spacial score (nSPS) is 10.8. The van der Waals surface area contributed by atoms with Gasteiger partial charge in [-0.15, -0.1) is 10.2 Å². The second kappa shape index (κ2) is 7.76. The lowest BCUT2D eigenvalue weighted by Crippen LogP contribution is -2.16. The first kappa shape index (κ1) is 17.6. The summed E-state index contributed by atoms with van der Waals surface area (Å²) in [6, 6.07) is 9.31. The molecule has 2 aromatic heterocycles. The first-order valence-corrected chi connectivity index (χ1v) is 9.22. The van der Waals surface area contributed by atoms with Crippen LogP contribution >= 0.6 is 23.4 Å². The van der Waals surface area contributed by atoms with E-state index in [1.165, 1.54) is 11.8 Å². The maximum absolute atomic E-state index is 12.3. The smallest absolute Gasteiger partial charge is 0.234 e. The Morgan fingerprint density at radius 1 is 1.24 bits per heavy atom. The van der Waals surface area contributed by atoms with Crippen molar-refractivity contribution in [1.29, 1.82) is 0 Å². The van der Waals surface area contributed by atoms with Crippen LogP contribution in [0.5, 0.6) is 0 Å². The molecule has 0 bridgehead atoms. The van der Waals surface area contributed by atoms with Crippen LogP contribution in [0.4, 0.5) is 5.69 Å². The van der Waals surface area contributed by atoms with Crippen molar-refractivity contribution >= 4 is 35.0 Å². The van der Waals surface area contributed by atoms with Crippen molar-refractivity contribution in [2.24, 2.45) is 0 Å². The number of hydrogen-bond acceptors (Lipinski definition) is 4. The number of rotatable bonds is 6. The molecular weight excluding hydrogens is 358 g/mol. The minimum atomic E-state index is -0.115. The fraction of sp³-hybridized carbons (Fsp3) is 0.235. The van der Waals surface area contributed by atoms with Crippen LogP contribution in [0.25, 0.3) is 0 Å². The molecule has 0 saturated carbocycles. The second-order valence-electron chi connectivity index (χ2n) is 5.38. The highest BCUT2D eigenvalue weighted by molar-refractivity contribution is 7.99. The van der Waals surface area contributed by atoms with Gasteiger partial charge < -0.3 is 5.32 Å². The van der Waals surface area contributed by atoms with Gasteiger partial charge in [-0.05, 0) is 36.8 Å². The molecule has 1 N–H and O–H groups in total. The van der Waals surface area contributed by atoms with E-state index in [4.69, 9.17) is 11.6 Å². The summed E-state index contributed by atoms with van der Waals surface area (Å²) in [5.41, 5.74) is 1.57. The average molecular weight is 376 g/mol. The molecule has 0 radical (unpaired) electrons. The molecule has 130 valence electrons. The number of halogens is 1. The van der Waals surface area contributed by atoms with Crippen LogP contribution < -0.4 is 5.32 Å². The Hall–Kier alpha value is -2.25. The minimum absolute atomic E-state index is 0.115. The van der Waals surface area contributed by atoms with E-state index in [9.17, 15) is 4.79 Å². The summed E-state index contributed by atoms with van der Waals surface area (Å²) in [4.78, 5) is 12.3. The van der Waals surface area contributed by atoms with E-state index in [2.05, 4.69) is 15.5 Å². The van der Waals surface area contributed by atoms with E-state index in [-0.39, 0.29) is 11.7 Å². The van der Waals surface area contributed by atoms with Crippen molar-refractivity contribution in [2.45, 2.75) is 25.4 Å². The monoisotopic (exact) mass is 375 g/mol. The van der Waals surface area contributed by atoms with E-state index < -0.39 is 0 Å². The van der Waals surface area contributed by atoms with Crippen LogP contribution in [-0.4, -0.2) is 31.2 Å². The van der Waals surface area contributed by atoms with E-state index in [1.807, 2.05) is 59.9 Å². The van der Waals surface area contributed by atoms with Crippen LogP contribution in [0.2, 0.25) is 5.02 Å². The number of thioether (sulfide) groups is 1. The minimum Gasteiger partial charge on any atom is -0.325 e. The van der Waals surface area contributed by atoms with Crippen LogP contribution in [0.3, 0.4) is 0 Å². The van der Waals surface area contributed by atoms with Crippen molar-refractivity contribution in [3.05, 3.63) is 59.1 Å². The molecule has 3 aromatic rings. The van der Waals surface area contributed by atoms with Crippen LogP contribution in [0.1, 0.15) is 18.3 Å². The molecule has 0 fully saturated rings. The topological polar surface area (TPSA) is 64.7 Å². The third kappa shape index (κ3) is 3.88. The Kier molecular flexibility index (Phi) is 5.45. The Labute approximate surface area is 155 Å². The zero-order chi connectivity index (χ0) is 17.8. The Morgan fingerprint density at radius 2 is 2.00 bits per heavy atom. The SMILES string of the molecule is CCc1nnc(SCC(=O)Nc2cccc(Cl)c2C)n1-n1cccc1. The molecule has 1 amide bonds. The van der Waals surface area contributed by atoms with Gasteiger partial charge in [0.15, 0.2) is 5.82 Å². The molecule has 8 heteroatoms. The van der Waals surface area contributed by atoms with Gasteiger partial charge in [-0.25, -0.2) is 4.68 Å². The summed E-state index contributed by atoms with van der Waals surface area (Å²) in [6.07, 6.45) is 4.59. The standard InChI is InChI=1S/C17H18ClN5OS/c1-3-15-20-21-17(23(15)22-9-4-5-10-22)25-11-16(24)19-14-8-6-7-13(18)12(14)2/h4-10H,3,11H2,1-2H3,(H,19,24). The fourth-order valence-corrected chi connectivity index (χ4v) is 3.28. The summed E-state index contributed by atoms with van der Waals surface area (Å²) in [6.45, 7) is 3.90. The zero-order valence-corrected chi connectivity index (χ0v) is 15.5. The summed E-state index contributed by atoms with van der Waals surface area (Å²) >= 11 is 7.43. The molecule has 0 unspecified atom stereocenters. The van der Waals surface area contributed by atoms with E-state index in [1.54, 1.807) is 6.07 Å². The van der Waals surface area contributed by atoms with Gasteiger partial charge in [-0.2, -0.15) is 0 Å². The highest BCUT2D eigenvalue weighted by atomic mass is 35.5. The van der Waals surface area contributed by atoms with Gasteiger partial charge in [0, 0.05) is 29.5 Å². The number of nitrogens with one attached hydrogen (secondary N) is 1. The molecule has 2 heterocycles. The first-order chi connectivity index (χ1) is 12.1. The van der Waals surface area contributed by atoms with E-state index >= 15 is 0 Å². The maximum Gasteiger partial charge on any atom is 0.234 e. The first-order valence-electron chi connectivity index (χ1n) is 7.85. The number of benzene rings is 1. The Balaban J connectivity index is 1.71. The quantitative estimate of drug-likeness (QED) is 0.668. The lowest BCUT2D eigenvalue weighted by atomic mass is 10.2. The summed E-state index contributed by atoms with van der Waals surface area (Å²) in [5.74, 6) is 0.954. The van der Waals surface area contributed by atoms with Crippen molar-refractivity contribution < 1.29 is 4.79 Å². The summed E-state index contributed by atoms with van der Waals surface area (Å²) < 4.78 is 3.81.